The first kappa shape index (κ1) is 9.48. The predicted molar refractivity (Wildman–Crippen MR) is 48.0 cm³/mol. The number of rotatable bonds is 2. The van der Waals surface area contributed by atoms with Gasteiger partial charge in [-0.25, -0.2) is 0 Å². The third-order valence-electron chi connectivity index (χ3n) is 2.33. The third kappa shape index (κ3) is 2.19. The van der Waals surface area contributed by atoms with Gasteiger partial charge >= 0.3 is 0 Å². The molecule has 0 aromatic heterocycles. The molecule has 70 valence electrons. The van der Waals surface area contributed by atoms with Crippen LogP contribution in [0, 0.1) is 0 Å². The molecule has 4 nitrogen and oxygen atoms in total. The molecule has 2 N–H and O–H groups in total. The van der Waals surface area contributed by atoms with E-state index >= 15 is 0 Å². The number of hydrogen-bond acceptors (Lipinski definition) is 3. The average Bonchev–Trinajstić information content (AvgIpc) is 2.17. The Morgan fingerprint density at radius 2 is 2.08 bits per heavy atom. The molecule has 1 aliphatic rings. The minimum Gasteiger partial charge on any atom is -0.358 e. The summed E-state index contributed by atoms with van der Waals surface area (Å²) < 4.78 is 0. The van der Waals surface area contributed by atoms with E-state index in [0.29, 0.717) is 0 Å². The van der Waals surface area contributed by atoms with Crippen LogP contribution in [-0.2, 0) is 4.79 Å². The second kappa shape index (κ2) is 4.42. The predicted octanol–water partition coefficient (Wildman–Crippen LogP) is -0.974. The number of nitrogens with one attached hydrogen (secondary N) is 2. The van der Waals surface area contributed by atoms with Crippen LogP contribution in [0.4, 0.5) is 0 Å². The van der Waals surface area contributed by atoms with Crippen molar-refractivity contribution in [1.29, 1.82) is 0 Å². The van der Waals surface area contributed by atoms with Gasteiger partial charge in [-0.05, 0) is 6.92 Å². The van der Waals surface area contributed by atoms with E-state index in [1.54, 1.807) is 7.05 Å². The lowest BCUT2D eigenvalue weighted by Gasteiger charge is -2.31. The van der Waals surface area contributed by atoms with Crippen LogP contribution in [0.25, 0.3) is 0 Å². The molecule has 1 heterocycles. The Balaban J connectivity index is 2.39. The first-order valence-corrected chi connectivity index (χ1v) is 4.42. The molecule has 1 fully saturated rings. The summed E-state index contributed by atoms with van der Waals surface area (Å²) in [5, 5.41) is 5.91. The highest BCUT2D eigenvalue weighted by atomic mass is 16.2. The van der Waals surface area contributed by atoms with Gasteiger partial charge in [0.05, 0.1) is 6.04 Å². The van der Waals surface area contributed by atoms with Crippen LogP contribution in [0.1, 0.15) is 6.92 Å². The van der Waals surface area contributed by atoms with Gasteiger partial charge in [-0.1, -0.05) is 0 Å². The summed E-state index contributed by atoms with van der Waals surface area (Å²) in [7, 11) is 1.68. The highest BCUT2D eigenvalue weighted by Gasteiger charge is 2.21. The fourth-order valence-electron chi connectivity index (χ4n) is 1.44. The summed E-state index contributed by atoms with van der Waals surface area (Å²) in [6, 6.07) is 0.0112. The van der Waals surface area contributed by atoms with Crippen molar-refractivity contribution < 1.29 is 4.79 Å². The van der Waals surface area contributed by atoms with Gasteiger partial charge in [0.25, 0.3) is 0 Å². The average molecular weight is 171 g/mol. The Morgan fingerprint density at radius 1 is 1.50 bits per heavy atom. The molecule has 0 spiro atoms. The quantitative estimate of drug-likeness (QED) is 0.561. The number of carbonyl (C=O) groups is 1. The Kier molecular flexibility index (Phi) is 3.49. The Labute approximate surface area is 73.3 Å². The zero-order valence-electron chi connectivity index (χ0n) is 7.76. The van der Waals surface area contributed by atoms with Crippen LogP contribution in [0.15, 0.2) is 0 Å². The van der Waals surface area contributed by atoms with Crippen molar-refractivity contribution in [3.8, 4) is 0 Å². The third-order valence-corrected chi connectivity index (χ3v) is 2.33. The molecule has 0 aromatic rings. The van der Waals surface area contributed by atoms with Crippen molar-refractivity contribution in [1.82, 2.24) is 15.5 Å². The highest BCUT2D eigenvalue weighted by Crippen LogP contribution is 2.00. The van der Waals surface area contributed by atoms with Gasteiger partial charge < -0.3 is 10.6 Å². The first-order valence-electron chi connectivity index (χ1n) is 4.42. The molecule has 1 aliphatic heterocycles. The summed E-state index contributed by atoms with van der Waals surface area (Å²) in [6.45, 7) is 5.86. The molecule has 0 bridgehead atoms. The minimum absolute atomic E-state index is 0.0112. The van der Waals surface area contributed by atoms with Crippen LogP contribution < -0.4 is 10.6 Å². The summed E-state index contributed by atoms with van der Waals surface area (Å²) >= 11 is 0. The van der Waals surface area contributed by atoms with Gasteiger partial charge in [0, 0.05) is 33.2 Å². The van der Waals surface area contributed by atoms with Crippen molar-refractivity contribution in [3.63, 3.8) is 0 Å². The van der Waals surface area contributed by atoms with Crippen LogP contribution in [0.3, 0.4) is 0 Å². The van der Waals surface area contributed by atoms with Crippen molar-refractivity contribution in [2.24, 2.45) is 0 Å². The van der Waals surface area contributed by atoms with Gasteiger partial charge in [0.2, 0.25) is 5.91 Å². The summed E-state index contributed by atoms with van der Waals surface area (Å²) in [5.74, 6) is 0.108. The minimum atomic E-state index is 0.0112. The fourth-order valence-corrected chi connectivity index (χ4v) is 1.44. The molecule has 1 atom stereocenters. The standard InChI is InChI=1S/C8H17N3O/c1-7(8(12)9-2)11-5-3-10-4-6-11/h7,10H,3-6H2,1-2H3,(H,9,12)/t7-/m0/s1. The zero-order chi connectivity index (χ0) is 8.97. The van der Waals surface area contributed by atoms with Crippen molar-refractivity contribution in [2.45, 2.75) is 13.0 Å². The number of amides is 1. The lowest BCUT2D eigenvalue weighted by atomic mass is 10.2. The van der Waals surface area contributed by atoms with E-state index in [1.807, 2.05) is 6.92 Å². The van der Waals surface area contributed by atoms with E-state index in [4.69, 9.17) is 0 Å². The molecule has 0 saturated carbocycles. The van der Waals surface area contributed by atoms with Crippen molar-refractivity contribution >= 4 is 5.91 Å². The van der Waals surface area contributed by atoms with Gasteiger partial charge in [0.15, 0.2) is 0 Å². The molecular weight excluding hydrogens is 154 g/mol. The second-order valence-corrected chi connectivity index (χ2v) is 3.08. The van der Waals surface area contributed by atoms with E-state index in [-0.39, 0.29) is 11.9 Å². The van der Waals surface area contributed by atoms with Gasteiger partial charge in [-0.2, -0.15) is 0 Å². The molecule has 1 rings (SSSR count). The maximum Gasteiger partial charge on any atom is 0.236 e. The van der Waals surface area contributed by atoms with Gasteiger partial charge in [0.1, 0.15) is 0 Å². The van der Waals surface area contributed by atoms with E-state index in [2.05, 4.69) is 15.5 Å². The molecule has 0 aromatic carbocycles. The first-order chi connectivity index (χ1) is 5.75. The number of nitrogens with zero attached hydrogens (tertiary/aromatic N) is 1. The number of carbonyl (C=O) groups excluding carboxylic acids is 1. The SMILES string of the molecule is CNC(=O)[C@H](C)N1CCNCC1. The molecule has 12 heavy (non-hydrogen) atoms. The smallest absolute Gasteiger partial charge is 0.236 e. The molecule has 4 heteroatoms. The van der Waals surface area contributed by atoms with E-state index in [9.17, 15) is 4.79 Å². The van der Waals surface area contributed by atoms with Crippen LogP contribution >= 0.6 is 0 Å². The largest absolute Gasteiger partial charge is 0.358 e. The van der Waals surface area contributed by atoms with Crippen molar-refractivity contribution in [3.05, 3.63) is 0 Å². The lowest BCUT2D eigenvalue weighted by molar-refractivity contribution is -0.125. The van der Waals surface area contributed by atoms with Gasteiger partial charge in [-0.15, -0.1) is 0 Å². The zero-order valence-corrected chi connectivity index (χ0v) is 7.76. The summed E-state index contributed by atoms with van der Waals surface area (Å²) in [6.07, 6.45) is 0. The molecule has 0 aliphatic carbocycles. The molecule has 0 unspecified atom stereocenters. The number of piperazine rings is 1. The van der Waals surface area contributed by atoms with E-state index < -0.39 is 0 Å². The topological polar surface area (TPSA) is 44.4 Å². The van der Waals surface area contributed by atoms with Crippen LogP contribution in [-0.4, -0.2) is 50.1 Å². The Bertz CT molecular complexity index is 154. The maximum absolute atomic E-state index is 11.2. The molecule has 1 amide bonds. The Hall–Kier alpha value is -0.610. The maximum atomic E-state index is 11.2. The summed E-state index contributed by atoms with van der Waals surface area (Å²) in [5.41, 5.74) is 0. The second-order valence-electron chi connectivity index (χ2n) is 3.08. The fraction of sp³-hybridized carbons (Fsp3) is 0.875. The molecule has 0 radical (unpaired) electrons. The van der Waals surface area contributed by atoms with Crippen LogP contribution in [0.5, 0.6) is 0 Å². The Morgan fingerprint density at radius 3 is 2.58 bits per heavy atom. The molecule has 1 saturated heterocycles. The van der Waals surface area contributed by atoms with E-state index in [0.717, 1.165) is 26.2 Å². The van der Waals surface area contributed by atoms with Crippen molar-refractivity contribution in [2.75, 3.05) is 33.2 Å². The lowest BCUT2D eigenvalue weighted by Crippen LogP contribution is -2.52. The normalized spacial score (nSPS) is 21.8. The highest BCUT2D eigenvalue weighted by molar-refractivity contribution is 5.80. The monoisotopic (exact) mass is 171 g/mol. The molecular formula is C8H17N3O. The number of hydrogen-bond donors (Lipinski definition) is 2. The van der Waals surface area contributed by atoms with Crippen LogP contribution in [0.2, 0.25) is 0 Å². The summed E-state index contributed by atoms with van der Waals surface area (Å²) in [4.78, 5) is 13.4. The van der Waals surface area contributed by atoms with Gasteiger partial charge in [-0.3, -0.25) is 9.69 Å². The number of likely N-dealkylation sites (N-methyl/N-ethyl adjacent to an activating group) is 1. The van der Waals surface area contributed by atoms with E-state index in [1.165, 1.54) is 0 Å².